The van der Waals surface area contributed by atoms with Gasteiger partial charge in [0.1, 0.15) is 17.1 Å². The number of hydrogen-bond donors (Lipinski definition) is 1. The van der Waals surface area contributed by atoms with E-state index < -0.39 is 5.60 Å². The summed E-state index contributed by atoms with van der Waals surface area (Å²) in [6.45, 7) is 4.32. The maximum absolute atomic E-state index is 11.6. The van der Waals surface area contributed by atoms with Gasteiger partial charge in [-0.3, -0.25) is 0 Å². The Hall–Kier alpha value is -1.57. The van der Waals surface area contributed by atoms with Gasteiger partial charge in [-0.1, -0.05) is 36.4 Å². The first kappa shape index (κ1) is 16.8. The zero-order chi connectivity index (χ0) is 16.2. The fourth-order valence-corrected chi connectivity index (χ4v) is 4.00. The summed E-state index contributed by atoms with van der Waals surface area (Å²) in [4.78, 5) is 0. The summed E-state index contributed by atoms with van der Waals surface area (Å²) in [5, 5.41) is 11.6. The highest BCUT2D eigenvalue weighted by atomic mass is 31.1. The molecule has 0 saturated heterocycles. The number of aliphatic hydroxyl groups is 1. The standard InChI is InChI=1S/C18H23O3P/c1-20-15-11-8-12-16(21-2)17(15)18(19,13-22(3)4)14-9-6-5-7-10-14/h5-12,19H,13H2,1-4H3. The van der Waals surface area contributed by atoms with Crippen LogP contribution in [0.4, 0.5) is 0 Å². The Morgan fingerprint density at radius 3 is 1.91 bits per heavy atom. The molecule has 4 heteroatoms. The van der Waals surface area contributed by atoms with Gasteiger partial charge in [0, 0.05) is 6.16 Å². The molecule has 0 aliphatic rings. The molecule has 0 saturated carbocycles. The van der Waals surface area contributed by atoms with E-state index in [2.05, 4.69) is 13.3 Å². The molecule has 3 nitrogen and oxygen atoms in total. The van der Waals surface area contributed by atoms with Crippen LogP contribution in [-0.2, 0) is 5.60 Å². The third-order valence-corrected chi connectivity index (χ3v) is 4.73. The van der Waals surface area contributed by atoms with Gasteiger partial charge in [-0.15, -0.1) is 7.92 Å². The van der Waals surface area contributed by atoms with Crippen LogP contribution in [0.25, 0.3) is 0 Å². The molecule has 2 rings (SSSR count). The van der Waals surface area contributed by atoms with Gasteiger partial charge in [0.25, 0.3) is 0 Å². The SMILES string of the molecule is COc1cccc(OC)c1C(O)(CP(C)C)c1ccccc1. The van der Waals surface area contributed by atoms with Crippen molar-refractivity contribution in [2.24, 2.45) is 0 Å². The minimum absolute atomic E-state index is 0.332. The summed E-state index contributed by atoms with van der Waals surface area (Å²) < 4.78 is 11.0. The summed E-state index contributed by atoms with van der Waals surface area (Å²) in [5.41, 5.74) is 0.422. The van der Waals surface area contributed by atoms with E-state index in [9.17, 15) is 5.11 Å². The van der Waals surface area contributed by atoms with Crippen molar-refractivity contribution in [1.29, 1.82) is 0 Å². The summed E-state index contributed by atoms with van der Waals surface area (Å²) >= 11 is 0. The van der Waals surface area contributed by atoms with Gasteiger partial charge in [0.05, 0.1) is 19.8 Å². The molecule has 1 N–H and O–H groups in total. The van der Waals surface area contributed by atoms with Crippen LogP contribution in [0.15, 0.2) is 48.5 Å². The van der Waals surface area contributed by atoms with Crippen LogP contribution >= 0.6 is 7.92 Å². The maximum atomic E-state index is 11.6. The lowest BCUT2D eigenvalue weighted by atomic mass is 9.86. The maximum Gasteiger partial charge on any atom is 0.129 e. The van der Waals surface area contributed by atoms with Gasteiger partial charge in [-0.25, -0.2) is 0 Å². The van der Waals surface area contributed by atoms with E-state index in [-0.39, 0.29) is 7.92 Å². The van der Waals surface area contributed by atoms with Gasteiger partial charge < -0.3 is 14.6 Å². The Morgan fingerprint density at radius 1 is 0.909 bits per heavy atom. The number of hydrogen-bond acceptors (Lipinski definition) is 3. The molecule has 0 heterocycles. The van der Waals surface area contributed by atoms with E-state index >= 15 is 0 Å². The highest BCUT2D eigenvalue weighted by Gasteiger charge is 2.37. The number of methoxy groups -OCH3 is 2. The highest BCUT2D eigenvalue weighted by Crippen LogP contribution is 2.47. The van der Waals surface area contributed by atoms with E-state index in [1.54, 1.807) is 14.2 Å². The number of ether oxygens (including phenoxy) is 2. The van der Waals surface area contributed by atoms with Crippen molar-refractivity contribution in [3.63, 3.8) is 0 Å². The molecule has 0 aliphatic carbocycles. The average molecular weight is 318 g/mol. The molecule has 0 spiro atoms. The minimum Gasteiger partial charge on any atom is -0.496 e. The monoisotopic (exact) mass is 318 g/mol. The first-order valence-electron chi connectivity index (χ1n) is 7.17. The molecule has 1 unspecified atom stereocenters. The fourth-order valence-electron chi connectivity index (χ4n) is 2.75. The van der Waals surface area contributed by atoms with Crippen LogP contribution in [0.5, 0.6) is 11.5 Å². The summed E-state index contributed by atoms with van der Waals surface area (Å²) in [5.74, 6) is 1.28. The summed E-state index contributed by atoms with van der Waals surface area (Å²) in [6, 6.07) is 15.3. The summed E-state index contributed by atoms with van der Waals surface area (Å²) in [7, 11) is 2.90. The molecular weight excluding hydrogens is 295 g/mol. The van der Waals surface area contributed by atoms with Gasteiger partial charge >= 0.3 is 0 Å². The molecule has 0 aromatic heterocycles. The Labute approximate surface area is 133 Å². The Balaban J connectivity index is 2.70. The minimum atomic E-state index is -1.13. The fraction of sp³-hybridized carbons (Fsp3) is 0.333. The molecule has 2 aromatic carbocycles. The van der Waals surface area contributed by atoms with E-state index in [0.717, 1.165) is 5.56 Å². The van der Waals surface area contributed by atoms with Gasteiger partial charge in [0.15, 0.2) is 0 Å². The molecule has 2 aromatic rings. The average Bonchev–Trinajstić information content (AvgIpc) is 2.54. The number of benzene rings is 2. The molecule has 0 aliphatic heterocycles. The van der Waals surface area contributed by atoms with Crippen LogP contribution in [-0.4, -0.2) is 38.8 Å². The first-order valence-corrected chi connectivity index (χ1v) is 9.59. The molecule has 1 atom stereocenters. The predicted molar refractivity (Wildman–Crippen MR) is 92.6 cm³/mol. The quantitative estimate of drug-likeness (QED) is 0.826. The van der Waals surface area contributed by atoms with Crippen molar-refractivity contribution in [2.75, 3.05) is 33.7 Å². The van der Waals surface area contributed by atoms with Crippen molar-refractivity contribution in [3.05, 3.63) is 59.7 Å². The van der Waals surface area contributed by atoms with Gasteiger partial charge in [-0.05, 0) is 31.0 Å². The third-order valence-electron chi connectivity index (χ3n) is 3.64. The Kier molecular flexibility index (Phi) is 5.44. The lowest BCUT2D eigenvalue weighted by Crippen LogP contribution is -2.32. The molecular formula is C18H23O3P. The Morgan fingerprint density at radius 2 is 1.45 bits per heavy atom. The number of rotatable bonds is 6. The van der Waals surface area contributed by atoms with Gasteiger partial charge in [-0.2, -0.15) is 0 Å². The van der Waals surface area contributed by atoms with Crippen LogP contribution < -0.4 is 9.47 Å². The molecule has 0 fully saturated rings. The molecule has 0 amide bonds. The summed E-state index contributed by atoms with van der Waals surface area (Å²) in [6.07, 6.45) is 0.642. The zero-order valence-electron chi connectivity index (χ0n) is 13.5. The smallest absolute Gasteiger partial charge is 0.129 e. The third kappa shape index (κ3) is 3.26. The zero-order valence-corrected chi connectivity index (χ0v) is 14.4. The molecule has 0 radical (unpaired) electrons. The van der Waals surface area contributed by atoms with Crippen LogP contribution in [0.2, 0.25) is 0 Å². The topological polar surface area (TPSA) is 38.7 Å². The van der Waals surface area contributed by atoms with Crippen molar-refractivity contribution in [3.8, 4) is 11.5 Å². The van der Waals surface area contributed by atoms with Crippen LogP contribution in [0, 0.1) is 0 Å². The largest absolute Gasteiger partial charge is 0.496 e. The van der Waals surface area contributed by atoms with E-state index in [0.29, 0.717) is 23.2 Å². The molecule has 0 bridgehead atoms. The Bertz CT molecular complexity index is 591. The normalized spacial score (nSPS) is 13.7. The van der Waals surface area contributed by atoms with E-state index in [4.69, 9.17) is 9.47 Å². The lowest BCUT2D eigenvalue weighted by Gasteiger charge is -2.33. The van der Waals surface area contributed by atoms with E-state index in [1.807, 2.05) is 48.5 Å². The molecule has 118 valence electrons. The second-order valence-corrected chi connectivity index (χ2v) is 7.98. The predicted octanol–water partition coefficient (Wildman–Crippen LogP) is 3.68. The second kappa shape index (κ2) is 7.13. The van der Waals surface area contributed by atoms with Crippen molar-refractivity contribution in [1.82, 2.24) is 0 Å². The molecule has 22 heavy (non-hydrogen) atoms. The van der Waals surface area contributed by atoms with Crippen molar-refractivity contribution < 1.29 is 14.6 Å². The lowest BCUT2D eigenvalue weighted by molar-refractivity contribution is 0.0997. The van der Waals surface area contributed by atoms with Gasteiger partial charge in [0.2, 0.25) is 0 Å². The van der Waals surface area contributed by atoms with E-state index in [1.165, 1.54) is 0 Å². The van der Waals surface area contributed by atoms with Crippen molar-refractivity contribution >= 4 is 7.92 Å². The van der Waals surface area contributed by atoms with Crippen LogP contribution in [0.3, 0.4) is 0 Å². The first-order chi connectivity index (χ1) is 10.5. The van der Waals surface area contributed by atoms with Crippen LogP contribution in [0.1, 0.15) is 11.1 Å². The second-order valence-electron chi connectivity index (χ2n) is 5.50. The highest BCUT2D eigenvalue weighted by molar-refractivity contribution is 7.56. The van der Waals surface area contributed by atoms with Crippen molar-refractivity contribution in [2.45, 2.75) is 5.60 Å².